The summed E-state index contributed by atoms with van der Waals surface area (Å²) < 4.78 is 10.7. The van der Waals surface area contributed by atoms with Crippen LogP contribution in [-0.2, 0) is 14.3 Å². The quantitative estimate of drug-likeness (QED) is 0.348. The molecule has 30 heavy (non-hydrogen) atoms. The fourth-order valence-corrected chi connectivity index (χ4v) is 3.21. The molecule has 1 atom stereocenters. The topological polar surface area (TPSA) is 97.0 Å². The lowest BCUT2D eigenvalue weighted by Crippen LogP contribution is -2.60. The zero-order chi connectivity index (χ0) is 21.9. The Morgan fingerprint density at radius 1 is 1.27 bits per heavy atom. The highest BCUT2D eigenvalue weighted by molar-refractivity contribution is 7.80. The van der Waals surface area contributed by atoms with Crippen molar-refractivity contribution in [2.24, 2.45) is 0 Å². The largest absolute Gasteiger partial charge is 0.494 e. The minimum Gasteiger partial charge on any atom is -0.494 e. The molecule has 2 N–H and O–H groups in total. The van der Waals surface area contributed by atoms with Crippen LogP contribution in [0, 0.1) is 0 Å². The molecule has 1 aromatic rings. The highest BCUT2D eigenvalue weighted by Gasteiger charge is 2.34. The number of unbranched alkanes of at least 4 members (excludes halogenated alkanes) is 1. The van der Waals surface area contributed by atoms with Gasteiger partial charge in [-0.1, -0.05) is 26.3 Å². The van der Waals surface area contributed by atoms with Crippen LogP contribution in [0.2, 0.25) is 0 Å². The number of benzene rings is 1. The molecule has 164 valence electrons. The maximum Gasteiger partial charge on any atom is 0.308 e. The lowest BCUT2D eigenvalue weighted by Gasteiger charge is -2.36. The van der Waals surface area contributed by atoms with Gasteiger partial charge < -0.3 is 19.7 Å². The fraction of sp³-hybridized carbons (Fsp3) is 0.524. The second kappa shape index (κ2) is 12.1. The third-order valence-corrected chi connectivity index (χ3v) is 4.84. The number of piperazine rings is 1. The van der Waals surface area contributed by atoms with Gasteiger partial charge in [0, 0.05) is 18.7 Å². The maximum absolute atomic E-state index is 12.7. The van der Waals surface area contributed by atoms with E-state index in [2.05, 4.69) is 17.6 Å². The van der Waals surface area contributed by atoms with E-state index in [0.717, 1.165) is 12.8 Å². The number of hydrogen-bond acceptors (Lipinski definition) is 6. The van der Waals surface area contributed by atoms with Gasteiger partial charge in [-0.15, -0.1) is 0 Å². The molecule has 0 saturated carbocycles. The molecule has 0 aromatic heterocycles. The number of esters is 1. The predicted octanol–water partition coefficient (Wildman–Crippen LogP) is 2.02. The number of rotatable bonds is 9. The van der Waals surface area contributed by atoms with Crippen molar-refractivity contribution < 1.29 is 23.9 Å². The van der Waals surface area contributed by atoms with Crippen molar-refractivity contribution in [1.29, 1.82) is 0 Å². The van der Waals surface area contributed by atoms with E-state index in [0.29, 0.717) is 44.0 Å². The summed E-state index contributed by atoms with van der Waals surface area (Å²) in [6.07, 6.45) is 2.51. The van der Waals surface area contributed by atoms with Crippen LogP contribution in [0.1, 0.15) is 49.9 Å². The Morgan fingerprint density at radius 2 is 2.07 bits per heavy atom. The number of hydrogen-bond donors (Lipinski definition) is 2. The normalized spacial score (nSPS) is 15.9. The lowest BCUT2D eigenvalue weighted by atomic mass is 10.1. The van der Waals surface area contributed by atoms with Crippen LogP contribution < -0.4 is 15.4 Å². The molecule has 2 amide bonds. The minimum absolute atomic E-state index is 0.0976. The van der Waals surface area contributed by atoms with Crippen molar-refractivity contribution in [2.45, 2.75) is 45.6 Å². The molecule has 0 aliphatic carbocycles. The molecule has 1 aliphatic rings. The van der Waals surface area contributed by atoms with Gasteiger partial charge in [-0.2, -0.15) is 0 Å². The van der Waals surface area contributed by atoms with Gasteiger partial charge in [-0.05, 0) is 43.3 Å². The number of amides is 2. The Morgan fingerprint density at radius 3 is 2.80 bits per heavy atom. The lowest BCUT2D eigenvalue weighted by molar-refractivity contribution is -0.147. The Balaban J connectivity index is 2.01. The number of carbonyl (C=O) groups excluding carboxylic acids is 3. The summed E-state index contributed by atoms with van der Waals surface area (Å²) in [5, 5.41) is 5.47. The number of carbonyl (C=O) groups is 3. The fourth-order valence-electron chi connectivity index (χ4n) is 2.90. The molecular weight excluding hydrogens is 406 g/mol. The van der Waals surface area contributed by atoms with Crippen molar-refractivity contribution in [3.05, 3.63) is 29.8 Å². The zero-order valence-corrected chi connectivity index (χ0v) is 18.3. The standard InChI is InChI=1S/C21H29N3O5S/c1-3-5-12-28-16-8-6-7-15(13-16)19(26)23-21(30)24-10-9-22-20(27)17(24)14-18(25)29-11-4-2/h6-8,13,17H,3-5,9-12,14H2,1-2H3,(H,22,27)(H,23,26,30). The van der Waals surface area contributed by atoms with Crippen LogP contribution in [0.4, 0.5) is 0 Å². The zero-order valence-electron chi connectivity index (χ0n) is 17.4. The van der Waals surface area contributed by atoms with Gasteiger partial charge in [0.1, 0.15) is 11.8 Å². The van der Waals surface area contributed by atoms with E-state index in [1.165, 1.54) is 0 Å². The van der Waals surface area contributed by atoms with Gasteiger partial charge in [0.25, 0.3) is 5.91 Å². The van der Waals surface area contributed by atoms with Gasteiger partial charge >= 0.3 is 5.97 Å². The Bertz CT molecular complexity index is 771. The molecule has 1 heterocycles. The first-order valence-electron chi connectivity index (χ1n) is 10.2. The molecule has 2 rings (SSSR count). The van der Waals surface area contributed by atoms with E-state index in [4.69, 9.17) is 21.7 Å². The molecule has 1 unspecified atom stereocenters. The van der Waals surface area contributed by atoms with Gasteiger partial charge in [-0.3, -0.25) is 19.7 Å². The van der Waals surface area contributed by atoms with Crippen molar-refractivity contribution in [3.8, 4) is 5.75 Å². The highest BCUT2D eigenvalue weighted by Crippen LogP contribution is 2.15. The molecule has 0 radical (unpaired) electrons. The highest BCUT2D eigenvalue weighted by atomic mass is 32.1. The second-order valence-electron chi connectivity index (χ2n) is 6.91. The van der Waals surface area contributed by atoms with Crippen LogP contribution in [0.5, 0.6) is 5.75 Å². The van der Waals surface area contributed by atoms with E-state index < -0.39 is 17.9 Å². The van der Waals surface area contributed by atoms with Crippen LogP contribution in [0.3, 0.4) is 0 Å². The van der Waals surface area contributed by atoms with Crippen LogP contribution in [0.15, 0.2) is 24.3 Å². The molecule has 9 heteroatoms. The van der Waals surface area contributed by atoms with Gasteiger partial charge in [0.05, 0.1) is 19.6 Å². The number of ether oxygens (including phenoxy) is 2. The molecule has 0 spiro atoms. The third-order valence-electron chi connectivity index (χ3n) is 4.50. The summed E-state index contributed by atoms with van der Waals surface area (Å²) in [4.78, 5) is 38.5. The van der Waals surface area contributed by atoms with Crippen molar-refractivity contribution in [2.75, 3.05) is 26.3 Å². The first-order valence-corrected chi connectivity index (χ1v) is 10.6. The molecule has 1 aromatic carbocycles. The molecular formula is C21H29N3O5S. The summed E-state index contributed by atoms with van der Waals surface area (Å²) in [5.74, 6) is -0.595. The number of thiocarbonyl (C=S) groups is 1. The Kier molecular flexibility index (Phi) is 9.53. The summed E-state index contributed by atoms with van der Waals surface area (Å²) in [5.41, 5.74) is 0.395. The first kappa shape index (κ1) is 23.6. The average molecular weight is 436 g/mol. The molecule has 0 bridgehead atoms. The summed E-state index contributed by atoms with van der Waals surface area (Å²) >= 11 is 5.37. The Hall–Kier alpha value is -2.68. The molecule has 1 saturated heterocycles. The molecule has 1 aliphatic heterocycles. The molecule has 8 nitrogen and oxygen atoms in total. The second-order valence-corrected chi connectivity index (χ2v) is 7.30. The maximum atomic E-state index is 12.7. The summed E-state index contributed by atoms with van der Waals surface area (Å²) in [6.45, 7) is 5.60. The SMILES string of the molecule is CCCCOc1cccc(C(=O)NC(=S)N2CCNC(=O)C2CC(=O)OCCC)c1. The van der Waals surface area contributed by atoms with E-state index >= 15 is 0 Å². The number of nitrogens with zero attached hydrogens (tertiary/aromatic N) is 1. The number of nitrogens with one attached hydrogen (secondary N) is 2. The van der Waals surface area contributed by atoms with E-state index in [1.807, 2.05) is 6.92 Å². The molecule has 1 fully saturated rings. The summed E-state index contributed by atoms with van der Waals surface area (Å²) in [7, 11) is 0. The average Bonchev–Trinajstić information content (AvgIpc) is 2.74. The van der Waals surface area contributed by atoms with E-state index in [-0.39, 0.29) is 17.4 Å². The van der Waals surface area contributed by atoms with Crippen molar-refractivity contribution in [1.82, 2.24) is 15.5 Å². The third kappa shape index (κ3) is 6.98. The Labute approximate surface area is 182 Å². The van der Waals surface area contributed by atoms with Crippen LogP contribution >= 0.6 is 12.2 Å². The monoisotopic (exact) mass is 435 g/mol. The van der Waals surface area contributed by atoms with Crippen molar-refractivity contribution >= 4 is 35.1 Å². The van der Waals surface area contributed by atoms with Gasteiger partial charge in [0.2, 0.25) is 5.91 Å². The minimum atomic E-state index is -0.820. The van der Waals surface area contributed by atoms with E-state index in [9.17, 15) is 14.4 Å². The predicted molar refractivity (Wildman–Crippen MR) is 116 cm³/mol. The van der Waals surface area contributed by atoms with Gasteiger partial charge in [-0.25, -0.2) is 0 Å². The summed E-state index contributed by atoms with van der Waals surface area (Å²) in [6, 6.07) is 6.01. The van der Waals surface area contributed by atoms with E-state index in [1.54, 1.807) is 29.2 Å². The van der Waals surface area contributed by atoms with Crippen molar-refractivity contribution in [3.63, 3.8) is 0 Å². The van der Waals surface area contributed by atoms with Gasteiger partial charge in [0.15, 0.2) is 5.11 Å². The van der Waals surface area contributed by atoms with Crippen LogP contribution in [-0.4, -0.2) is 60.1 Å². The first-order chi connectivity index (χ1) is 14.5. The smallest absolute Gasteiger partial charge is 0.308 e. The van der Waals surface area contributed by atoms with Crippen LogP contribution in [0.25, 0.3) is 0 Å².